The van der Waals surface area contributed by atoms with E-state index in [-0.39, 0.29) is 13.0 Å². The van der Waals surface area contributed by atoms with E-state index in [4.69, 9.17) is 9.84 Å². The van der Waals surface area contributed by atoms with Gasteiger partial charge in [0.25, 0.3) is 0 Å². The number of benzene rings is 1. The average Bonchev–Trinajstić information content (AvgIpc) is 2.71. The summed E-state index contributed by atoms with van der Waals surface area (Å²) >= 11 is 0. The quantitative estimate of drug-likeness (QED) is 0.836. The van der Waals surface area contributed by atoms with Crippen molar-refractivity contribution in [1.82, 2.24) is 0 Å². The van der Waals surface area contributed by atoms with E-state index < -0.39 is 11.6 Å². The molecule has 0 radical (unpaired) electrons. The Morgan fingerprint density at radius 3 is 2.83 bits per heavy atom. The van der Waals surface area contributed by atoms with E-state index in [0.717, 1.165) is 12.8 Å². The minimum atomic E-state index is -1.34. The van der Waals surface area contributed by atoms with E-state index in [1.807, 2.05) is 18.2 Å². The van der Waals surface area contributed by atoms with Gasteiger partial charge < -0.3 is 14.9 Å². The fourth-order valence-corrected chi connectivity index (χ4v) is 2.25. The van der Waals surface area contributed by atoms with Gasteiger partial charge in [-0.15, -0.1) is 0 Å². The molecule has 0 aromatic heterocycles. The Bertz CT molecular complexity index is 451. The van der Waals surface area contributed by atoms with Gasteiger partial charge in [-0.25, -0.2) is 0 Å². The van der Waals surface area contributed by atoms with E-state index in [0.29, 0.717) is 5.75 Å². The van der Waals surface area contributed by atoms with E-state index in [9.17, 15) is 9.90 Å². The SMILES string of the molecule is CC(O)(COc1ccc2c(c1)CCC2)CC(=O)O. The second kappa shape index (κ2) is 4.98. The molecule has 0 saturated carbocycles. The summed E-state index contributed by atoms with van der Waals surface area (Å²) < 4.78 is 5.48. The number of carbonyl (C=O) groups is 1. The van der Waals surface area contributed by atoms with Crippen LogP contribution in [0.2, 0.25) is 0 Å². The fourth-order valence-electron chi connectivity index (χ4n) is 2.25. The zero-order valence-corrected chi connectivity index (χ0v) is 10.5. The molecule has 98 valence electrons. The van der Waals surface area contributed by atoms with Crippen molar-refractivity contribution in [3.05, 3.63) is 29.3 Å². The molecule has 0 spiro atoms. The summed E-state index contributed by atoms with van der Waals surface area (Å²) in [5, 5.41) is 18.5. The van der Waals surface area contributed by atoms with Crippen LogP contribution in [0.25, 0.3) is 0 Å². The molecule has 1 unspecified atom stereocenters. The van der Waals surface area contributed by atoms with Crippen LogP contribution in [0, 0.1) is 0 Å². The molecular weight excluding hydrogens is 232 g/mol. The molecule has 2 N–H and O–H groups in total. The third-order valence-electron chi connectivity index (χ3n) is 3.15. The van der Waals surface area contributed by atoms with Gasteiger partial charge in [0, 0.05) is 0 Å². The van der Waals surface area contributed by atoms with Gasteiger partial charge in [-0.1, -0.05) is 6.07 Å². The molecule has 1 aliphatic carbocycles. The lowest BCUT2D eigenvalue weighted by molar-refractivity contribution is -0.143. The minimum absolute atomic E-state index is 0.0158. The van der Waals surface area contributed by atoms with Gasteiger partial charge in [-0.05, 0) is 49.4 Å². The van der Waals surface area contributed by atoms with Crippen molar-refractivity contribution in [3.8, 4) is 5.75 Å². The largest absolute Gasteiger partial charge is 0.491 e. The van der Waals surface area contributed by atoms with Crippen molar-refractivity contribution in [2.24, 2.45) is 0 Å². The number of aliphatic carboxylic acids is 1. The zero-order chi connectivity index (χ0) is 13.2. The summed E-state index contributed by atoms with van der Waals surface area (Å²) in [5.74, 6) is -0.334. The maximum absolute atomic E-state index is 10.6. The number of aliphatic hydroxyl groups is 1. The van der Waals surface area contributed by atoms with Gasteiger partial charge in [-0.3, -0.25) is 4.79 Å². The number of fused-ring (bicyclic) bond motifs is 1. The highest BCUT2D eigenvalue weighted by Gasteiger charge is 2.25. The highest BCUT2D eigenvalue weighted by Crippen LogP contribution is 2.26. The maximum Gasteiger partial charge on any atom is 0.306 e. The Labute approximate surface area is 106 Å². The number of rotatable bonds is 5. The Morgan fingerprint density at radius 1 is 1.39 bits per heavy atom. The zero-order valence-electron chi connectivity index (χ0n) is 10.5. The molecule has 4 nitrogen and oxygen atoms in total. The maximum atomic E-state index is 10.6. The van der Waals surface area contributed by atoms with Gasteiger partial charge in [-0.2, -0.15) is 0 Å². The van der Waals surface area contributed by atoms with Crippen molar-refractivity contribution >= 4 is 5.97 Å². The standard InChI is InChI=1S/C14H18O4/c1-14(17,8-13(15)16)9-18-12-6-5-10-3-2-4-11(10)7-12/h5-7,17H,2-4,8-9H2,1H3,(H,15,16). The van der Waals surface area contributed by atoms with Crippen LogP contribution in [0.4, 0.5) is 0 Å². The smallest absolute Gasteiger partial charge is 0.306 e. The van der Waals surface area contributed by atoms with Gasteiger partial charge in [0.05, 0.1) is 6.42 Å². The van der Waals surface area contributed by atoms with Crippen molar-refractivity contribution in [2.75, 3.05) is 6.61 Å². The van der Waals surface area contributed by atoms with E-state index in [1.54, 1.807) is 0 Å². The molecule has 18 heavy (non-hydrogen) atoms. The average molecular weight is 250 g/mol. The van der Waals surface area contributed by atoms with Crippen LogP contribution in [0.5, 0.6) is 5.75 Å². The summed E-state index contributed by atoms with van der Waals surface area (Å²) in [7, 11) is 0. The Hall–Kier alpha value is -1.55. The summed E-state index contributed by atoms with van der Waals surface area (Å²) in [4.78, 5) is 10.6. The Kier molecular flexibility index (Phi) is 3.57. The first-order valence-corrected chi connectivity index (χ1v) is 6.15. The van der Waals surface area contributed by atoms with Gasteiger partial charge in [0.1, 0.15) is 18.0 Å². The third kappa shape index (κ3) is 3.23. The van der Waals surface area contributed by atoms with Crippen LogP contribution in [0.15, 0.2) is 18.2 Å². The summed E-state index contributed by atoms with van der Waals surface area (Å²) in [6.07, 6.45) is 3.04. The van der Waals surface area contributed by atoms with Gasteiger partial charge in [0.15, 0.2) is 0 Å². The Morgan fingerprint density at radius 2 is 2.11 bits per heavy atom. The lowest BCUT2D eigenvalue weighted by Crippen LogP contribution is -2.34. The molecule has 1 aliphatic rings. The highest BCUT2D eigenvalue weighted by atomic mass is 16.5. The molecule has 0 amide bonds. The van der Waals surface area contributed by atoms with Gasteiger partial charge in [0.2, 0.25) is 0 Å². The second-order valence-electron chi connectivity index (χ2n) is 5.14. The topological polar surface area (TPSA) is 66.8 Å². The van der Waals surface area contributed by atoms with Crippen molar-refractivity contribution in [2.45, 2.75) is 38.2 Å². The molecule has 1 aromatic rings. The number of hydrogen-bond donors (Lipinski definition) is 2. The summed E-state index contributed by atoms with van der Waals surface area (Å²) in [5.41, 5.74) is 1.32. The number of carboxylic acids is 1. The number of ether oxygens (including phenoxy) is 1. The fraction of sp³-hybridized carbons (Fsp3) is 0.500. The van der Waals surface area contributed by atoms with Crippen LogP contribution in [-0.4, -0.2) is 28.4 Å². The molecule has 2 rings (SSSR count). The van der Waals surface area contributed by atoms with Crippen LogP contribution < -0.4 is 4.74 Å². The minimum Gasteiger partial charge on any atom is -0.491 e. The predicted octanol–water partition coefficient (Wildman–Crippen LogP) is 1.78. The number of carboxylic acid groups (broad SMARTS) is 1. The second-order valence-corrected chi connectivity index (χ2v) is 5.14. The summed E-state index contributed by atoms with van der Waals surface area (Å²) in [6.45, 7) is 1.45. The van der Waals surface area contributed by atoms with E-state index >= 15 is 0 Å². The highest BCUT2D eigenvalue weighted by molar-refractivity contribution is 5.68. The third-order valence-corrected chi connectivity index (χ3v) is 3.15. The van der Waals surface area contributed by atoms with Crippen LogP contribution in [-0.2, 0) is 17.6 Å². The van der Waals surface area contributed by atoms with Crippen LogP contribution in [0.1, 0.15) is 30.9 Å². The normalized spacial score (nSPS) is 17.0. The molecule has 1 aromatic carbocycles. The first-order valence-electron chi connectivity index (χ1n) is 6.15. The predicted molar refractivity (Wildman–Crippen MR) is 66.8 cm³/mol. The molecule has 0 bridgehead atoms. The first-order chi connectivity index (χ1) is 8.46. The van der Waals surface area contributed by atoms with Crippen molar-refractivity contribution in [1.29, 1.82) is 0 Å². The molecule has 0 fully saturated rings. The Balaban J connectivity index is 1.96. The van der Waals surface area contributed by atoms with E-state index in [2.05, 4.69) is 0 Å². The molecular formula is C14H18O4. The van der Waals surface area contributed by atoms with Crippen molar-refractivity contribution < 1.29 is 19.7 Å². The van der Waals surface area contributed by atoms with Crippen LogP contribution >= 0.6 is 0 Å². The number of hydrogen-bond acceptors (Lipinski definition) is 3. The molecule has 0 aliphatic heterocycles. The van der Waals surface area contributed by atoms with E-state index in [1.165, 1.54) is 24.5 Å². The molecule has 0 saturated heterocycles. The monoisotopic (exact) mass is 250 g/mol. The van der Waals surface area contributed by atoms with Crippen LogP contribution in [0.3, 0.4) is 0 Å². The molecule has 1 atom stereocenters. The molecule has 4 heteroatoms. The molecule has 0 heterocycles. The van der Waals surface area contributed by atoms with Crippen molar-refractivity contribution in [3.63, 3.8) is 0 Å². The summed E-state index contributed by atoms with van der Waals surface area (Å²) in [6, 6.07) is 5.91. The lowest BCUT2D eigenvalue weighted by Gasteiger charge is -2.21. The number of aryl methyl sites for hydroxylation is 2. The first kappa shape index (κ1) is 12.9. The lowest BCUT2D eigenvalue weighted by atomic mass is 10.0. The van der Waals surface area contributed by atoms with Gasteiger partial charge >= 0.3 is 5.97 Å².